The lowest BCUT2D eigenvalue weighted by Crippen LogP contribution is -2.14. The van der Waals surface area contributed by atoms with Crippen LogP contribution in [0.3, 0.4) is 0 Å². The highest BCUT2D eigenvalue weighted by molar-refractivity contribution is 6.04. The first-order valence-corrected chi connectivity index (χ1v) is 9.48. The van der Waals surface area contributed by atoms with Crippen LogP contribution in [0.25, 0.3) is 0 Å². The minimum Gasteiger partial charge on any atom is -0.490 e. The summed E-state index contributed by atoms with van der Waals surface area (Å²) in [4.78, 5) is 16.8. The molecule has 0 aliphatic rings. The van der Waals surface area contributed by atoms with E-state index in [2.05, 4.69) is 10.3 Å². The molecule has 6 heteroatoms. The molecule has 0 spiro atoms. The number of hydrogen-bond donors (Lipinski definition) is 1. The van der Waals surface area contributed by atoms with Crippen LogP contribution >= 0.6 is 0 Å². The van der Waals surface area contributed by atoms with E-state index in [1.54, 1.807) is 24.4 Å². The Hall–Kier alpha value is -3.54. The summed E-state index contributed by atoms with van der Waals surface area (Å²) in [5.74, 6) is 2.14. The Morgan fingerprint density at radius 2 is 1.72 bits per heavy atom. The molecule has 2 aromatic carbocycles. The van der Waals surface area contributed by atoms with E-state index in [-0.39, 0.29) is 5.91 Å². The first-order valence-electron chi connectivity index (χ1n) is 9.48. The third-order valence-corrected chi connectivity index (χ3v) is 4.10. The van der Waals surface area contributed by atoms with E-state index in [4.69, 9.17) is 14.2 Å². The summed E-state index contributed by atoms with van der Waals surface area (Å²) >= 11 is 0. The molecular weight excluding hydrogens is 368 g/mol. The zero-order chi connectivity index (χ0) is 20.5. The zero-order valence-corrected chi connectivity index (χ0v) is 16.6. The summed E-state index contributed by atoms with van der Waals surface area (Å²) in [6, 6.07) is 18.4. The highest BCUT2D eigenvalue weighted by Crippen LogP contribution is 2.29. The van der Waals surface area contributed by atoms with Gasteiger partial charge in [0.05, 0.1) is 6.61 Å². The van der Waals surface area contributed by atoms with Crippen LogP contribution in [0.15, 0.2) is 66.9 Å². The maximum absolute atomic E-state index is 12.6. The molecule has 1 aromatic heterocycles. The number of hydrogen-bond acceptors (Lipinski definition) is 5. The van der Waals surface area contributed by atoms with Crippen LogP contribution in [-0.2, 0) is 0 Å². The lowest BCUT2D eigenvalue weighted by Gasteiger charge is -2.14. The van der Waals surface area contributed by atoms with Gasteiger partial charge in [0.15, 0.2) is 11.5 Å². The average molecular weight is 392 g/mol. The molecule has 1 amide bonds. The highest BCUT2D eigenvalue weighted by atomic mass is 16.5. The van der Waals surface area contributed by atoms with Crippen LogP contribution in [0, 0.1) is 6.92 Å². The Balaban J connectivity index is 1.63. The number of nitrogens with one attached hydrogen (secondary N) is 1. The van der Waals surface area contributed by atoms with Gasteiger partial charge in [0, 0.05) is 11.8 Å². The molecule has 0 bridgehead atoms. The van der Waals surface area contributed by atoms with Crippen LogP contribution in [0.1, 0.15) is 22.8 Å². The number of rotatable bonds is 9. The number of ether oxygens (including phenoxy) is 3. The average Bonchev–Trinajstić information content (AvgIpc) is 2.74. The van der Waals surface area contributed by atoms with E-state index in [0.717, 1.165) is 11.3 Å². The smallest absolute Gasteiger partial charge is 0.256 e. The van der Waals surface area contributed by atoms with Crippen molar-refractivity contribution in [3.63, 3.8) is 0 Å². The number of nitrogens with zero attached hydrogens (tertiary/aromatic N) is 1. The molecule has 3 rings (SSSR count). The van der Waals surface area contributed by atoms with Crippen molar-refractivity contribution in [2.24, 2.45) is 0 Å². The molecule has 0 aliphatic heterocycles. The highest BCUT2D eigenvalue weighted by Gasteiger charge is 2.13. The first-order chi connectivity index (χ1) is 14.2. The second-order valence-corrected chi connectivity index (χ2v) is 6.23. The Bertz CT molecular complexity index is 945. The second-order valence-electron chi connectivity index (χ2n) is 6.23. The van der Waals surface area contributed by atoms with E-state index in [1.165, 1.54) is 0 Å². The maximum atomic E-state index is 12.6. The molecule has 0 aliphatic carbocycles. The number of aryl methyl sites for hydroxylation is 1. The van der Waals surface area contributed by atoms with Gasteiger partial charge >= 0.3 is 0 Å². The van der Waals surface area contributed by atoms with Crippen LogP contribution in [0.5, 0.6) is 17.2 Å². The lowest BCUT2D eigenvalue weighted by atomic mass is 10.2. The molecule has 0 saturated heterocycles. The number of pyridine rings is 1. The Morgan fingerprint density at radius 1 is 0.931 bits per heavy atom. The third-order valence-electron chi connectivity index (χ3n) is 4.10. The van der Waals surface area contributed by atoms with Gasteiger partial charge in [-0.25, -0.2) is 4.98 Å². The van der Waals surface area contributed by atoms with Crippen molar-refractivity contribution in [1.82, 2.24) is 4.98 Å². The zero-order valence-electron chi connectivity index (χ0n) is 16.6. The number of anilines is 1. The monoisotopic (exact) mass is 392 g/mol. The molecule has 1 heterocycles. The molecule has 1 N–H and O–H groups in total. The molecule has 0 atom stereocenters. The number of amides is 1. The molecule has 0 saturated carbocycles. The summed E-state index contributed by atoms with van der Waals surface area (Å²) in [6.45, 7) is 4.99. The standard InChI is InChI=1S/C23H24N2O4/c1-3-27-21-16-18(23(26)25-22-17(2)8-7-13-24-22)11-12-20(21)29-15-14-28-19-9-5-4-6-10-19/h4-13,16H,3,14-15H2,1-2H3,(H,24,25,26). The third kappa shape index (κ3) is 5.72. The van der Waals surface area contributed by atoms with Crippen LogP contribution in [0.2, 0.25) is 0 Å². The minimum atomic E-state index is -0.258. The topological polar surface area (TPSA) is 69.7 Å². The van der Waals surface area contributed by atoms with Gasteiger partial charge in [0.2, 0.25) is 0 Å². The van der Waals surface area contributed by atoms with Gasteiger partial charge in [0.25, 0.3) is 5.91 Å². The van der Waals surface area contributed by atoms with Gasteiger partial charge in [-0.3, -0.25) is 4.79 Å². The minimum absolute atomic E-state index is 0.258. The fourth-order valence-corrected chi connectivity index (χ4v) is 2.66. The van der Waals surface area contributed by atoms with E-state index >= 15 is 0 Å². The van der Waals surface area contributed by atoms with Gasteiger partial charge in [-0.15, -0.1) is 0 Å². The molecule has 150 valence electrons. The number of carbonyl (C=O) groups excluding carboxylic acids is 1. The van der Waals surface area contributed by atoms with Crippen molar-refractivity contribution in [3.05, 3.63) is 78.0 Å². The SMILES string of the molecule is CCOc1cc(C(=O)Nc2ncccc2C)ccc1OCCOc1ccccc1. The molecule has 29 heavy (non-hydrogen) atoms. The summed E-state index contributed by atoms with van der Waals surface area (Å²) < 4.78 is 17.1. The molecule has 0 unspecified atom stereocenters. The second kappa shape index (κ2) is 10.1. The Labute approximate surface area is 170 Å². The molecule has 6 nitrogen and oxygen atoms in total. The van der Waals surface area contributed by atoms with Gasteiger partial charge in [-0.1, -0.05) is 24.3 Å². The Kier molecular flexibility index (Phi) is 7.05. The van der Waals surface area contributed by atoms with Crippen molar-refractivity contribution in [2.75, 3.05) is 25.1 Å². The van der Waals surface area contributed by atoms with Crippen LogP contribution in [0.4, 0.5) is 5.82 Å². The maximum Gasteiger partial charge on any atom is 0.256 e. The van der Waals surface area contributed by atoms with E-state index in [1.807, 2.05) is 56.3 Å². The fraction of sp³-hybridized carbons (Fsp3) is 0.217. The van der Waals surface area contributed by atoms with Gasteiger partial charge in [-0.05, 0) is 55.8 Å². The molecule has 3 aromatic rings. The molecule has 0 fully saturated rings. The number of carbonyl (C=O) groups is 1. The fourth-order valence-electron chi connectivity index (χ4n) is 2.66. The normalized spacial score (nSPS) is 10.3. The van der Waals surface area contributed by atoms with Crippen molar-refractivity contribution >= 4 is 11.7 Å². The van der Waals surface area contributed by atoms with Crippen molar-refractivity contribution in [2.45, 2.75) is 13.8 Å². The summed E-state index contributed by atoms with van der Waals surface area (Å²) in [5.41, 5.74) is 1.36. The Morgan fingerprint density at radius 3 is 2.48 bits per heavy atom. The molecule has 0 radical (unpaired) electrons. The first kappa shape index (κ1) is 20.2. The van der Waals surface area contributed by atoms with Crippen molar-refractivity contribution in [3.8, 4) is 17.2 Å². The van der Waals surface area contributed by atoms with Gasteiger partial charge in [0.1, 0.15) is 24.8 Å². The van der Waals surface area contributed by atoms with Crippen LogP contribution < -0.4 is 19.5 Å². The number of benzene rings is 2. The summed E-state index contributed by atoms with van der Waals surface area (Å²) in [5, 5.41) is 2.82. The predicted molar refractivity (Wildman–Crippen MR) is 112 cm³/mol. The van der Waals surface area contributed by atoms with E-state index in [0.29, 0.717) is 42.7 Å². The van der Waals surface area contributed by atoms with Crippen LogP contribution in [-0.4, -0.2) is 30.7 Å². The lowest BCUT2D eigenvalue weighted by molar-refractivity contribution is 0.102. The number of aromatic nitrogens is 1. The number of para-hydroxylation sites is 1. The summed E-state index contributed by atoms with van der Waals surface area (Å²) in [7, 11) is 0. The van der Waals surface area contributed by atoms with E-state index in [9.17, 15) is 4.79 Å². The molecular formula is C23H24N2O4. The van der Waals surface area contributed by atoms with Gasteiger partial charge in [-0.2, -0.15) is 0 Å². The van der Waals surface area contributed by atoms with Crippen molar-refractivity contribution in [1.29, 1.82) is 0 Å². The predicted octanol–water partition coefficient (Wildman–Crippen LogP) is 4.50. The summed E-state index contributed by atoms with van der Waals surface area (Å²) in [6.07, 6.45) is 1.64. The van der Waals surface area contributed by atoms with Gasteiger partial charge < -0.3 is 19.5 Å². The van der Waals surface area contributed by atoms with Crippen molar-refractivity contribution < 1.29 is 19.0 Å². The quantitative estimate of drug-likeness (QED) is 0.543. The largest absolute Gasteiger partial charge is 0.490 e. The van der Waals surface area contributed by atoms with E-state index < -0.39 is 0 Å².